The van der Waals surface area contributed by atoms with Gasteiger partial charge in [0.05, 0.1) is 18.9 Å². The molecule has 1 aromatic carbocycles. The molecule has 1 rings (SSSR count). The number of methoxy groups -OCH3 is 1. The number of anilines is 1. The maximum Gasteiger partial charge on any atom is 0.142 e. The zero-order valence-corrected chi connectivity index (χ0v) is 9.37. The van der Waals surface area contributed by atoms with Crippen LogP contribution < -0.4 is 10.1 Å². The van der Waals surface area contributed by atoms with E-state index in [9.17, 15) is 0 Å². The molecule has 3 heteroatoms. The summed E-state index contributed by atoms with van der Waals surface area (Å²) in [5.41, 5.74) is 2.10. The number of benzene rings is 1. The van der Waals surface area contributed by atoms with Gasteiger partial charge in [-0.1, -0.05) is 19.9 Å². The molecule has 3 nitrogen and oxygen atoms in total. The Balaban J connectivity index is 2.94. The Morgan fingerprint density at radius 2 is 2.20 bits per heavy atom. The van der Waals surface area contributed by atoms with Crippen molar-refractivity contribution in [2.75, 3.05) is 19.0 Å². The highest BCUT2D eigenvalue weighted by molar-refractivity contribution is 5.58. The van der Waals surface area contributed by atoms with Crippen LogP contribution in [0.2, 0.25) is 0 Å². The number of ether oxygens (including phenoxy) is 1. The zero-order chi connectivity index (χ0) is 11.3. The van der Waals surface area contributed by atoms with Crippen molar-refractivity contribution in [2.24, 2.45) is 0 Å². The molecule has 0 radical (unpaired) electrons. The number of nitrogens with one attached hydrogen (secondary N) is 1. The molecule has 0 aromatic heterocycles. The van der Waals surface area contributed by atoms with Crippen LogP contribution in [0.15, 0.2) is 18.2 Å². The number of nitriles is 1. The van der Waals surface area contributed by atoms with Crippen molar-refractivity contribution in [1.29, 1.82) is 5.26 Å². The van der Waals surface area contributed by atoms with Gasteiger partial charge >= 0.3 is 0 Å². The first-order chi connectivity index (χ1) is 7.19. The van der Waals surface area contributed by atoms with Crippen LogP contribution in [-0.4, -0.2) is 13.7 Å². The van der Waals surface area contributed by atoms with E-state index in [1.165, 1.54) is 5.56 Å². The van der Waals surface area contributed by atoms with E-state index >= 15 is 0 Å². The highest BCUT2D eigenvalue weighted by atomic mass is 16.5. The molecule has 0 spiro atoms. The van der Waals surface area contributed by atoms with E-state index in [-0.39, 0.29) is 6.54 Å². The molecule has 1 N–H and O–H groups in total. The van der Waals surface area contributed by atoms with Crippen molar-refractivity contribution in [3.05, 3.63) is 23.8 Å². The third kappa shape index (κ3) is 2.88. The smallest absolute Gasteiger partial charge is 0.142 e. The summed E-state index contributed by atoms with van der Waals surface area (Å²) >= 11 is 0. The first-order valence-electron chi connectivity index (χ1n) is 4.97. The minimum Gasteiger partial charge on any atom is -0.495 e. The third-order valence-electron chi connectivity index (χ3n) is 2.25. The molecule has 15 heavy (non-hydrogen) atoms. The van der Waals surface area contributed by atoms with Crippen molar-refractivity contribution in [3.8, 4) is 11.8 Å². The minimum atomic E-state index is 0.289. The monoisotopic (exact) mass is 204 g/mol. The van der Waals surface area contributed by atoms with Gasteiger partial charge in [0.25, 0.3) is 0 Å². The molecule has 80 valence electrons. The summed E-state index contributed by atoms with van der Waals surface area (Å²) in [7, 11) is 1.64. The van der Waals surface area contributed by atoms with Crippen LogP contribution in [0.4, 0.5) is 5.69 Å². The van der Waals surface area contributed by atoms with Crippen LogP contribution in [0.1, 0.15) is 25.3 Å². The van der Waals surface area contributed by atoms with E-state index in [1.54, 1.807) is 7.11 Å². The van der Waals surface area contributed by atoms with Crippen molar-refractivity contribution in [2.45, 2.75) is 19.8 Å². The van der Waals surface area contributed by atoms with Crippen LogP contribution in [0, 0.1) is 11.3 Å². The Labute approximate surface area is 90.7 Å². The zero-order valence-electron chi connectivity index (χ0n) is 9.37. The van der Waals surface area contributed by atoms with Gasteiger partial charge in [0.1, 0.15) is 12.3 Å². The fraction of sp³-hybridized carbons (Fsp3) is 0.417. The molecule has 0 atom stereocenters. The lowest BCUT2D eigenvalue weighted by Gasteiger charge is -2.12. The molecular weight excluding hydrogens is 188 g/mol. The van der Waals surface area contributed by atoms with Gasteiger partial charge in [-0.25, -0.2) is 0 Å². The van der Waals surface area contributed by atoms with Crippen LogP contribution in [0.25, 0.3) is 0 Å². The first-order valence-corrected chi connectivity index (χ1v) is 4.97. The molecule has 0 amide bonds. The van der Waals surface area contributed by atoms with Crippen molar-refractivity contribution in [3.63, 3.8) is 0 Å². The average Bonchev–Trinajstić information content (AvgIpc) is 2.25. The van der Waals surface area contributed by atoms with E-state index in [1.807, 2.05) is 24.3 Å². The maximum atomic E-state index is 8.48. The number of hydrogen-bond acceptors (Lipinski definition) is 3. The SMILES string of the molecule is COc1cc(C(C)C)ccc1NCC#N. The van der Waals surface area contributed by atoms with Gasteiger partial charge in [-0.05, 0) is 23.6 Å². The Morgan fingerprint density at radius 1 is 1.47 bits per heavy atom. The topological polar surface area (TPSA) is 45.0 Å². The molecule has 0 fully saturated rings. The van der Waals surface area contributed by atoms with Crippen LogP contribution in [0.3, 0.4) is 0 Å². The van der Waals surface area contributed by atoms with E-state index in [0.717, 1.165) is 11.4 Å². The fourth-order valence-electron chi connectivity index (χ4n) is 1.35. The average molecular weight is 204 g/mol. The number of hydrogen-bond donors (Lipinski definition) is 1. The molecule has 0 unspecified atom stereocenters. The summed E-state index contributed by atoms with van der Waals surface area (Å²) in [5.74, 6) is 1.26. The summed E-state index contributed by atoms with van der Waals surface area (Å²) in [6.45, 7) is 4.56. The fourth-order valence-corrected chi connectivity index (χ4v) is 1.35. The van der Waals surface area contributed by atoms with Crippen molar-refractivity contribution < 1.29 is 4.74 Å². The van der Waals surface area contributed by atoms with Gasteiger partial charge in [0.2, 0.25) is 0 Å². The van der Waals surface area contributed by atoms with Gasteiger partial charge in [-0.15, -0.1) is 0 Å². The van der Waals surface area contributed by atoms with E-state index < -0.39 is 0 Å². The largest absolute Gasteiger partial charge is 0.495 e. The summed E-state index contributed by atoms with van der Waals surface area (Å²) in [6, 6.07) is 8.04. The standard InChI is InChI=1S/C12H16N2O/c1-9(2)10-4-5-11(14-7-6-13)12(8-10)15-3/h4-5,8-9,14H,7H2,1-3H3. The molecule has 0 bridgehead atoms. The molecule has 0 aliphatic rings. The van der Waals surface area contributed by atoms with Gasteiger partial charge in [-0.3, -0.25) is 0 Å². The summed E-state index contributed by atoms with van der Waals surface area (Å²) in [5, 5.41) is 11.5. The number of nitrogens with zero attached hydrogens (tertiary/aromatic N) is 1. The van der Waals surface area contributed by atoms with Gasteiger partial charge in [0.15, 0.2) is 0 Å². The summed E-state index contributed by atoms with van der Waals surface area (Å²) < 4.78 is 5.26. The third-order valence-corrected chi connectivity index (χ3v) is 2.25. The normalized spacial score (nSPS) is 9.80. The van der Waals surface area contributed by atoms with E-state index in [2.05, 4.69) is 19.2 Å². The lowest BCUT2D eigenvalue weighted by molar-refractivity contribution is 0.416. The van der Waals surface area contributed by atoms with Crippen molar-refractivity contribution in [1.82, 2.24) is 0 Å². The summed E-state index contributed by atoms with van der Waals surface area (Å²) in [4.78, 5) is 0. The van der Waals surface area contributed by atoms with Gasteiger partial charge < -0.3 is 10.1 Å². The summed E-state index contributed by atoms with van der Waals surface area (Å²) in [6.07, 6.45) is 0. The highest BCUT2D eigenvalue weighted by Gasteiger charge is 2.05. The molecule has 0 saturated carbocycles. The predicted octanol–water partition coefficient (Wildman–Crippen LogP) is 2.75. The van der Waals surface area contributed by atoms with Crippen molar-refractivity contribution >= 4 is 5.69 Å². The second kappa shape index (κ2) is 5.26. The molecule has 0 heterocycles. The Kier molecular flexibility index (Phi) is 3.99. The van der Waals surface area contributed by atoms with Crippen LogP contribution >= 0.6 is 0 Å². The predicted molar refractivity (Wildman–Crippen MR) is 61.2 cm³/mol. The molecule has 0 aliphatic carbocycles. The lowest BCUT2D eigenvalue weighted by Crippen LogP contribution is -2.01. The van der Waals surface area contributed by atoms with Crippen LogP contribution in [0.5, 0.6) is 5.75 Å². The molecular formula is C12H16N2O. The second-order valence-corrected chi connectivity index (χ2v) is 3.63. The van der Waals surface area contributed by atoms with E-state index in [0.29, 0.717) is 5.92 Å². The Hall–Kier alpha value is -1.69. The first kappa shape index (κ1) is 11.4. The minimum absolute atomic E-state index is 0.289. The van der Waals surface area contributed by atoms with E-state index in [4.69, 9.17) is 10.00 Å². The van der Waals surface area contributed by atoms with Gasteiger partial charge in [0, 0.05) is 0 Å². The second-order valence-electron chi connectivity index (χ2n) is 3.63. The number of rotatable bonds is 4. The quantitative estimate of drug-likeness (QED) is 0.767. The van der Waals surface area contributed by atoms with Crippen LogP contribution in [-0.2, 0) is 0 Å². The Morgan fingerprint density at radius 3 is 2.73 bits per heavy atom. The molecule has 0 aliphatic heterocycles. The maximum absolute atomic E-state index is 8.48. The molecule has 1 aromatic rings. The lowest BCUT2D eigenvalue weighted by atomic mass is 10.0. The Bertz CT molecular complexity index is 366. The highest BCUT2D eigenvalue weighted by Crippen LogP contribution is 2.28. The molecule has 0 saturated heterocycles. The van der Waals surface area contributed by atoms with Gasteiger partial charge in [-0.2, -0.15) is 5.26 Å².